The van der Waals surface area contributed by atoms with E-state index in [1.165, 1.54) is 6.07 Å². The van der Waals surface area contributed by atoms with E-state index in [0.29, 0.717) is 22.8 Å². The summed E-state index contributed by atoms with van der Waals surface area (Å²) >= 11 is 6.06. The van der Waals surface area contributed by atoms with E-state index >= 15 is 0 Å². The Balaban J connectivity index is 1.64. The molecule has 2 aromatic heterocycles. The number of halogens is 1. The van der Waals surface area contributed by atoms with Crippen LogP contribution >= 0.6 is 11.6 Å². The number of hydrogen-bond donors (Lipinski definition) is 2. The average Bonchev–Trinajstić information content (AvgIpc) is 3.30. The first-order valence-electron chi connectivity index (χ1n) is 8.11. The molecule has 3 aromatic rings. The summed E-state index contributed by atoms with van der Waals surface area (Å²) in [7, 11) is 0. The van der Waals surface area contributed by atoms with Gasteiger partial charge in [-0.1, -0.05) is 22.8 Å². The molecule has 2 heterocycles. The standard InChI is InChI=1S/C18H16ClN5O3/c1-11(21-18(26)17-7-14(10-25)27-23-17)9-24-5-4-16(22-24)12-2-3-13(8-20)15(19)6-12/h2-7,11,25H,9-10H2,1H3,(H,21,26)/t11-/m0/s1. The van der Waals surface area contributed by atoms with Crippen LogP contribution in [0.1, 0.15) is 28.7 Å². The van der Waals surface area contributed by atoms with Crippen LogP contribution in [0.5, 0.6) is 0 Å². The van der Waals surface area contributed by atoms with Gasteiger partial charge in [0, 0.05) is 23.9 Å². The van der Waals surface area contributed by atoms with Crippen LogP contribution in [0.2, 0.25) is 5.02 Å². The highest BCUT2D eigenvalue weighted by Gasteiger charge is 2.15. The van der Waals surface area contributed by atoms with Crippen molar-refractivity contribution in [2.24, 2.45) is 0 Å². The highest BCUT2D eigenvalue weighted by atomic mass is 35.5. The van der Waals surface area contributed by atoms with Crippen molar-refractivity contribution in [1.29, 1.82) is 5.26 Å². The third-order valence-electron chi connectivity index (χ3n) is 3.81. The van der Waals surface area contributed by atoms with Crippen molar-refractivity contribution in [3.63, 3.8) is 0 Å². The van der Waals surface area contributed by atoms with Gasteiger partial charge in [-0.2, -0.15) is 10.4 Å². The molecular formula is C18H16ClN5O3. The molecule has 0 radical (unpaired) electrons. The number of carbonyl (C=O) groups excluding carboxylic acids is 1. The fourth-order valence-electron chi connectivity index (χ4n) is 2.50. The molecule has 0 aliphatic carbocycles. The Bertz CT molecular complexity index is 1000. The van der Waals surface area contributed by atoms with Crippen LogP contribution < -0.4 is 5.32 Å². The summed E-state index contributed by atoms with van der Waals surface area (Å²) in [5, 5.41) is 29.1. The lowest BCUT2D eigenvalue weighted by molar-refractivity contribution is 0.0926. The summed E-state index contributed by atoms with van der Waals surface area (Å²) < 4.78 is 6.51. The van der Waals surface area contributed by atoms with Crippen molar-refractivity contribution in [3.05, 3.63) is 58.6 Å². The first-order chi connectivity index (χ1) is 13.0. The lowest BCUT2D eigenvalue weighted by atomic mass is 10.1. The number of benzene rings is 1. The highest BCUT2D eigenvalue weighted by Crippen LogP contribution is 2.24. The number of hydrogen-bond acceptors (Lipinski definition) is 6. The minimum Gasteiger partial charge on any atom is -0.388 e. The quantitative estimate of drug-likeness (QED) is 0.672. The summed E-state index contributed by atoms with van der Waals surface area (Å²) in [5.41, 5.74) is 2.03. The second-order valence-electron chi connectivity index (χ2n) is 5.94. The summed E-state index contributed by atoms with van der Waals surface area (Å²) in [6.45, 7) is 1.97. The van der Waals surface area contributed by atoms with E-state index in [-0.39, 0.29) is 24.1 Å². The molecule has 0 saturated heterocycles. The number of nitrogens with one attached hydrogen (secondary N) is 1. The van der Waals surface area contributed by atoms with Crippen molar-refractivity contribution in [3.8, 4) is 17.3 Å². The zero-order chi connectivity index (χ0) is 19.4. The summed E-state index contributed by atoms with van der Waals surface area (Å²) in [5.74, 6) is -0.164. The Hall–Kier alpha value is -3.15. The van der Waals surface area contributed by atoms with E-state index in [4.69, 9.17) is 26.5 Å². The highest BCUT2D eigenvalue weighted by molar-refractivity contribution is 6.32. The van der Waals surface area contributed by atoms with Crippen molar-refractivity contribution in [2.45, 2.75) is 26.1 Å². The topological polar surface area (TPSA) is 117 Å². The van der Waals surface area contributed by atoms with Gasteiger partial charge in [0.15, 0.2) is 11.5 Å². The predicted molar refractivity (Wildman–Crippen MR) is 96.7 cm³/mol. The molecule has 138 valence electrons. The lowest BCUT2D eigenvalue weighted by Crippen LogP contribution is -2.36. The summed E-state index contributed by atoms with van der Waals surface area (Å²) in [6, 6.07) is 10.2. The fraction of sp³-hybridized carbons (Fsp3) is 0.222. The summed E-state index contributed by atoms with van der Waals surface area (Å²) in [6.07, 6.45) is 1.80. The van der Waals surface area contributed by atoms with E-state index in [0.717, 1.165) is 5.56 Å². The van der Waals surface area contributed by atoms with Gasteiger partial charge in [0.2, 0.25) is 0 Å². The number of nitrogens with zero attached hydrogens (tertiary/aromatic N) is 4. The molecule has 0 unspecified atom stereocenters. The molecule has 1 atom stereocenters. The third kappa shape index (κ3) is 4.34. The largest absolute Gasteiger partial charge is 0.388 e. The molecule has 2 N–H and O–H groups in total. The molecule has 8 nitrogen and oxygen atoms in total. The minimum atomic E-state index is -0.391. The molecule has 0 fully saturated rings. The maximum atomic E-state index is 12.1. The fourth-order valence-corrected chi connectivity index (χ4v) is 2.72. The molecular weight excluding hydrogens is 370 g/mol. The zero-order valence-electron chi connectivity index (χ0n) is 14.4. The minimum absolute atomic E-state index is 0.110. The van der Waals surface area contributed by atoms with E-state index < -0.39 is 5.91 Å². The number of aliphatic hydroxyl groups excluding tert-OH is 1. The second kappa shape index (κ2) is 8.03. The molecule has 1 amide bonds. The number of rotatable bonds is 6. The van der Waals surface area contributed by atoms with Gasteiger partial charge in [-0.15, -0.1) is 0 Å². The van der Waals surface area contributed by atoms with Gasteiger partial charge in [0.1, 0.15) is 12.7 Å². The first-order valence-corrected chi connectivity index (χ1v) is 8.48. The predicted octanol–water partition coefficient (Wildman–Crippen LogP) is 2.37. The van der Waals surface area contributed by atoms with Crippen LogP contribution in [0.3, 0.4) is 0 Å². The van der Waals surface area contributed by atoms with Crippen LogP contribution in [0, 0.1) is 11.3 Å². The molecule has 9 heteroatoms. The Morgan fingerprint density at radius 1 is 1.44 bits per heavy atom. The molecule has 0 aliphatic rings. The first kappa shape index (κ1) is 18.6. The van der Waals surface area contributed by atoms with Gasteiger partial charge in [0.25, 0.3) is 5.91 Å². The molecule has 1 aromatic carbocycles. The number of carbonyl (C=O) groups is 1. The normalized spacial score (nSPS) is 11.8. The van der Waals surface area contributed by atoms with Gasteiger partial charge in [-0.25, -0.2) is 0 Å². The maximum Gasteiger partial charge on any atom is 0.273 e. The van der Waals surface area contributed by atoms with Gasteiger partial charge >= 0.3 is 0 Å². The van der Waals surface area contributed by atoms with Crippen molar-refractivity contribution < 1.29 is 14.4 Å². The van der Waals surface area contributed by atoms with Crippen LogP contribution in [0.25, 0.3) is 11.3 Å². The Morgan fingerprint density at radius 2 is 2.26 bits per heavy atom. The van der Waals surface area contributed by atoms with E-state index in [9.17, 15) is 4.79 Å². The van der Waals surface area contributed by atoms with E-state index in [1.807, 2.05) is 19.1 Å². The molecule has 27 heavy (non-hydrogen) atoms. The zero-order valence-corrected chi connectivity index (χ0v) is 15.1. The monoisotopic (exact) mass is 385 g/mol. The van der Waals surface area contributed by atoms with Gasteiger partial charge in [-0.3, -0.25) is 9.48 Å². The molecule has 0 spiro atoms. The third-order valence-corrected chi connectivity index (χ3v) is 4.12. The van der Waals surface area contributed by atoms with E-state index in [1.54, 1.807) is 29.1 Å². The smallest absolute Gasteiger partial charge is 0.273 e. The Kier molecular flexibility index (Phi) is 5.54. The van der Waals surface area contributed by atoms with Crippen LogP contribution in [0.15, 0.2) is 41.1 Å². The average molecular weight is 386 g/mol. The van der Waals surface area contributed by atoms with Crippen LogP contribution in [-0.4, -0.2) is 32.0 Å². The number of aromatic nitrogens is 3. The maximum absolute atomic E-state index is 12.1. The number of nitriles is 1. The SMILES string of the molecule is C[C@@H](Cn1ccc(-c2ccc(C#N)c(Cl)c2)n1)NC(=O)c1cc(CO)on1. The van der Waals surface area contributed by atoms with Gasteiger partial charge in [-0.05, 0) is 25.1 Å². The van der Waals surface area contributed by atoms with Gasteiger partial charge < -0.3 is 14.9 Å². The number of aliphatic hydroxyl groups is 1. The second-order valence-corrected chi connectivity index (χ2v) is 6.35. The lowest BCUT2D eigenvalue weighted by Gasteiger charge is -2.12. The number of amides is 1. The summed E-state index contributed by atoms with van der Waals surface area (Å²) in [4.78, 5) is 12.1. The Morgan fingerprint density at radius 3 is 2.93 bits per heavy atom. The Labute approximate surface area is 160 Å². The molecule has 0 aliphatic heterocycles. The molecule has 3 rings (SSSR count). The molecule has 0 bridgehead atoms. The van der Waals surface area contributed by atoms with Crippen molar-refractivity contribution >= 4 is 17.5 Å². The van der Waals surface area contributed by atoms with Crippen LogP contribution in [0.4, 0.5) is 0 Å². The molecule has 0 saturated carbocycles. The van der Waals surface area contributed by atoms with Crippen LogP contribution in [-0.2, 0) is 13.2 Å². The van der Waals surface area contributed by atoms with Crippen molar-refractivity contribution in [2.75, 3.05) is 0 Å². The van der Waals surface area contributed by atoms with Gasteiger partial charge in [0.05, 0.1) is 22.8 Å². The van der Waals surface area contributed by atoms with Crippen molar-refractivity contribution in [1.82, 2.24) is 20.3 Å². The van der Waals surface area contributed by atoms with E-state index in [2.05, 4.69) is 15.6 Å².